The summed E-state index contributed by atoms with van der Waals surface area (Å²) < 4.78 is 0. The van der Waals surface area contributed by atoms with E-state index in [-0.39, 0.29) is 11.9 Å². The molecule has 0 bridgehead atoms. The van der Waals surface area contributed by atoms with Gasteiger partial charge in [-0.2, -0.15) is 0 Å². The van der Waals surface area contributed by atoms with Crippen LogP contribution in [0.2, 0.25) is 0 Å². The molecule has 1 aromatic heterocycles. The summed E-state index contributed by atoms with van der Waals surface area (Å²) in [6.45, 7) is 2.31. The number of H-pyrrole nitrogens is 1. The van der Waals surface area contributed by atoms with E-state index < -0.39 is 0 Å². The predicted octanol–water partition coefficient (Wildman–Crippen LogP) is 0.339. The summed E-state index contributed by atoms with van der Waals surface area (Å²) in [5, 5.41) is 6.03. The number of hydrogen-bond acceptors (Lipinski definition) is 3. The van der Waals surface area contributed by atoms with Crippen LogP contribution >= 0.6 is 0 Å². The van der Waals surface area contributed by atoms with Crippen molar-refractivity contribution < 1.29 is 4.79 Å². The van der Waals surface area contributed by atoms with Gasteiger partial charge in [-0.05, 0) is 19.8 Å². The first-order valence-electron chi connectivity index (χ1n) is 5.27. The predicted molar refractivity (Wildman–Crippen MR) is 56.2 cm³/mol. The van der Waals surface area contributed by atoms with Crippen LogP contribution in [0.25, 0.3) is 0 Å². The Kier molecular flexibility index (Phi) is 3.01. The Hall–Kier alpha value is -1.36. The van der Waals surface area contributed by atoms with Crippen LogP contribution in [0.15, 0.2) is 12.4 Å². The maximum absolute atomic E-state index is 11.5. The quantitative estimate of drug-likeness (QED) is 0.653. The van der Waals surface area contributed by atoms with Gasteiger partial charge in [0.05, 0.1) is 12.6 Å². The van der Waals surface area contributed by atoms with E-state index in [1.54, 1.807) is 12.4 Å². The van der Waals surface area contributed by atoms with Crippen molar-refractivity contribution in [3.63, 3.8) is 0 Å². The van der Waals surface area contributed by atoms with Gasteiger partial charge < -0.3 is 15.6 Å². The third kappa shape index (κ3) is 3.06. The minimum Gasteiger partial charge on any atom is -0.347 e. The van der Waals surface area contributed by atoms with E-state index in [0.29, 0.717) is 12.6 Å². The van der Waals surface area contributed by atoms with Gasteiger partial charge in [0.2, 0.25) is 5.91 Å². The van der Waals surface area contributed by atoms with E-state index in [2.05, 4.69) is 20.6 Å². The van der Waals surface area contributed by atoms with Crippen LogP contribution in [0.5, 0.6) is 0 Å². The lowest BCUT2D eigenvalue weighted by atomic mass is 10.3. The molecule has 0 aromatic carbocycles. The summed E-state index contributed by atoms with van der Waals surface area (Å²) in [7, 11) is 0. The largest absolute Gasteiger partial charge is 0.347 e. The fraction of sp³-hybridized carbons (Fsp3) is 0.600. The third-order valence-electron chi connectivity index (χ3n) is 2.44. The molecule has 0 radical (unpaired) electrons. The van der Waals surface area contributed by atoms with Crippen LogP contribution in [0, 0.1) is 0 Å². The second-order valence-corrected chi connectivity index (χ2v) is 3.92. The van der Waals surface area contributed by atoms with Crippen molar-refractivity contribution in [3.8, 4) is 0 Å². The minimum atomic E-state index is -0.0616. The molecule has 1 aliphatic rings. The highest BCUT2D eigenvalue weighted by Gasteiger charge is 2.21. The topological polar surface area (TPSA) is 69.8 Å². The molecule has 5 heteroatoms. The normalized spacial score (nSPS) is 17.4. The Morgan fingerprint density at radius 2 is 2.53 bits per heavy atom. The van der Waals surface area contributed by atoms with E-state index in [1.807, 2.05) is 6.92 Å². The van der Waals surface area contributed by atoms with Gasteiger partial charge in [0.15, 0.2) is 0 Å². The second-order valence-electron chi connectivity index (χ2n) is 3.92. The highest BCUT2D eigenvalue weighted by molar-refractivity contribution is 5.78. The highest BCUT2D eigenvalue weighted by Crippen LogP contribution is 2.17. The molecule has 1 heterocycles. The van der Waals surface area contributed by atoms with Crippen LogP contribution in [0.4, 0.5) is 0 Å². The number of carbonyl (C=O) groups excluding carboxylic acids is 1. The molecule has 1 aliphatic carbocycles. The van der Waals surface area contributed by atoms with Crippen LogP contribution in [0.3, 0.4) is 0 Å². The number of hydrogen-bond donors (Lipinski definition) is 3. The van der Waals surface area contributed by atoms with E-state index >= 15 is 0 Å². The van der Waals surface area contributed by atoms with E-state index in [9.17, 15) is 4.79 Å². The molecule has 15 heavy (non-hydrogen) atoms. The average molecular weight is 208 g/mol. The highest BCUT2D eigenvalue weighted by atomic mass is 16.2. The lowest BCUT2D eigenvalue weighted by molar-refractivity contribution is -0.120. The maximum atomic E-state index is 11.5. The Bertz CT molecular complexity index is 318. The first-order chi connectivity index (χ1) is 7.25. The summed E-state index contributed by atoms with van der Waals surface area (Å²) in [5.74, 6) is 0.806. The van der Waals surface area contributed by atoms with Gasteiger partial charge in [-0.1, -0.05) is 0 Å². The Balaban J connectivity index is 1.72. The number of nitrogens with zero attached hydrogens (tertiary/aromatic N) is 1. The first-order valence-corrected chi connectivity index (χ1v) is 5.27. The van der Waals surface area contributed by atoms with Crippen molar-refractivity contribution in [2.75, 3.05) is 6.54 Å². The van der Waals surface area contributed by atoms with Crippen molar-refractivity contribution in [2.24, 2.45) is 0 Å². The van der Waals surface area contributed by atoms with Crippen LogP contribution in [-0.2, 0) is 4.79 Å². The van der Waals surface area contributed by atoms with Gasteiger partial charge in [0, 0.05) is 18.4 Å². The van der Waals surface area contributed by atoms with Crippen molar-refractivity contribution in [3.05, 3.63) is 18.2 Å². The Labute approximate surface area is 88.7 Å². The standard InChI is InChI=1S/C10H16N4O/c1-7(10-11-4-5-12-10)14-9(15)6-13-8-2-3-8/h4-5,7-8,13H,2-3,6H2,1H3,(H,11,12)(H,14,15). The van der Waals surface area contributed by atoms with Gasteiger partial charge in [0.1, 0.15) is 5.82 Å². The monoisotopic (exact) mass is 208 g/mol. The van der Waals surface area contributed by atoms with Gasteiger partial charge in [-0.3, -0.25) is 4.79 Å². The molecule has 1 aromatic rings. The van der Waals surface area contributed by atoms with E-state index in [4.69, 9.17) is 0 Å². The number of nitrogens with one attached hydrogen (secondary N) is 3. The molecule has 82 valence electrons. The third-order valence-corrected chi connectivity index (χ3v) is 2.44. The molecule has 0 aliphatic heterocycles. The SMILES string of the molecule is CC(NC(=O)CNC1CC1)c1ncc[nH]1. The zero-order valence-electron chi connectivity index (χ0n) is 8.79. The lowest BCUT2D eigenvalue weighted by Crippen LogP contribution is -2.36. The van der Waals surface area contributed by atoms with Crippen LogP contribution < -0.4 is 10.6 Å². The number of aromatic nitrogens is 2. The molecular weight excluding hydrogens is 192 g/mol. The average Bonchev–Trinajstić information content (AvgIpc) is 2.87. The zero-order chi connectivity index (χ0) is 10.7. The van der Waals surface area contributed by atoms with E-state index in [0.717, 1.165) is 5.82 Å². The summed E-state index contributed by atoms with van der Waals surface area (Å²) >= 11 is 0. The molecule has 5 nitrogen and oxygen atoms in total. The number of amides is 1. The van der Waals surface area contributed by atoms with E-state index in [1.165, 1.54) is 12.8 Å². The Morgan fingerprint density at radius 3 is 3.13 bits per heavy atom. The second kappa shape index (κ2) is 4.44. The first kappa shape index (κ1) is 10.2. The fourth-order valence-electron chi connectivity index (χ4n) is 1.40. The number of rotatable bonds is 5. The van der Waals surface area contributed by atoms with Crippen LogP contribution in [0.1, 0.15) is 31.6 Å². The van der Waals surface area contributed by atoms with Crippen molar-refractivity contribution in [1.29, 1.82) is 0 Å². The number of imidazole rings is 1. The van der Waals surface area contributed by atoms with Crippen molar-refractivity contribution in [1.82, 2.24) is 20.6 Å². The smallest absolute Gasteiger partial charge is 0.234 e. The van der Waals surface area contributed by atoms with Crippen LogP contribution in [-0.4, -0.2) is 28.5 Å². The van der Waals surface area contributed by atoms with Crippen molar-refractivity contribution >= 4 is 5.91 Å². The molecule has 1 amide bonds. The summed E-state index contributed by atoms with van der Waals surface area (Å²) in [6, 6.07) is 0.503. The van der Waals surface area contributed by atoms with Gasteiger partial charge in [0.25, 0.3) is 0 Å². The Morgan fingerprint density at radius 1 is 1.73 bits per heavy atom. The lowest BCUT2D eigenvalue weighted by Gasteiger charge is -2.11. The minimum absolute atomic E-state index is 0.0193. The number of aromatic amines is 1. The molecule has 2 rings (SSSR count). The molecule has 1 fully saturated rings. The summed E-state index contributed by atoms with van der Waals surface area (Å²) in [6.07, 6.45) is 5.82. The summed E-state index contributed by atoms with van der Waals surface area (Å²) in [5.41, 5.74) is 0. The van der Waals surface area contributed by atoms with Gasteiger partial charge >= 0.3 is 0 Å². The molecular formula is C10H16N4O. The van der Waals surface area contributed by atoms with Gasteiger partial charge in [-0.25, -0.2) is 4.98 Å². The molecule has 1 saturated carbocycles. The van der Waals surface area contributed by atoms with Crippen molar-refractivity contribution in [2.45, 2.75) is 31.8 Å². The molecule has 0 spiro atoms. The van der Waals surface area contributed by atoms with Gasteiger partial charge in [-0.15, -0.1) is 0 Å². The zero-order valence-corrected chi connectivity index (χ0v) is 8.79. The molecule has 0 saturated heterocycles. The number of carbonyl (C=O) groups is 1. The fourth-order valence-corrected chi connectivity index (χ4v) is 1.40. The molecule has 1 unspecified atom stereocenters. The maximum Gasteiger partial charge on any atom is 0.234 e. The molecule has 1 atom stereocenters. The molecule has 3 N–H and O–H groups in total. The summed E-state index contributed by atoms with van der Waals surface area (Å²) in [4.78, 5) is 18.5.